The Morgan fingerprint density at radius 3 is 2.83 bits per heavy atom. The predicted octanol–water partition coefficient (Wildman–Crippen LogP) is 2.95. The van der Waals surface area contributed by atoms with E-state index in [-0.39, 0.29) is 0 Å². The number of nitrogens with one attached hydrogen (secondary N) is 1. The SMILES string of the molecule is CCCNCc1ccc(C)cc1-c1cnccn1. The van der Waals surface area contributed by atoms with E-state index in [1.165, 1.54) is 16.7 Å². The van der Waals surface area contributed by atoms with Gasteiger partial charge in [-0.15, -0.1) is 0 Å². The van der Waals surface area contributed by atoms with Gasteiger partial charge in [0.25, 0.3) is 0 Å². The quantitative estimate of drug-likeness (QED) is 0.818. The van der Waals surface area contributed by atoms with Gasteiger partial charge in [-0.1, -0.05) is 24.6 Å². The molecule has 1 aromatic heterocycles. The lowest BCUT2D eigenvalue weighted by atomic mass is 10.0. The molecule has 2 rings (SSSR count). The molecule has 18 heavy (non-hydrogen) atoms. The van der Waals surface area contributed by atoms with Gasteiger partial charge < -0.3 is 5.32 Å². The van der Waals surface area contributed by atoms with Crippen LogP contribution in [0.5, 0.6) is 0 Å². The largest absolute Gasteiger partial charge is 0.313 e. The molecule has 1 N–H and O–H groups in total. The van der Waals surface area contributed by atoms with Crippen molar-refractivity contribution in [1.29, 1.82) is 0 Å². The van der Waals surface area contributed by atoms with Crippen LogP contribution in [0.15, 0.2) is 36.8 Å². The van der Waals surface area contributed by atoms with Crippen LogP contribution in [0.4, 0.5) is 0 Å². The zero-order valence-corrected chi connectivity index (χ0v) is 11.0. The topological polar surface area (TPSA) is 37.8 Å². The Balaban J connectivity index is 2.29. The van der Waals surface area contributed by atoms with E-state index in [1.807, 2.05) is 6.20 Å². The first-order chi connectivity index (χ1) is 8.81. The van der Waals surface area contributed by atoms with Crippen molar-refractivity contribution in [3.05, 3.63) is 47.9 Å². The average Bonchev–Trinajstić information content (AvgIpc) is 2.41. The highest BCUT2D eigenvalue weighted by Crippen LogP contribution is 2.22. The summed E-state index contributed by atoms with van der Waals surface area (Å²) in [6.45, 7) is 6.18. The van der Waals surface area contributed by atoms with Crippen LogP contribution in [-0.2, 0) is 6.54 Å². The maximum absolute atomic E-state index is 4.39. The van der Waals surface area contributed by atoms with Crippen molar-refractivity contribution in [3.8, 4) is 11.3 Å². The van der Waals surface area contributed by atoms with Crippen LogP contribution >= 0.6 is 0 Å². The van der Waals surface area contributed by atoms with Gasteiger partial charge >= 0.3 is 0 Å². The third-order valence-corrected chi connectivity index (χ3v) is 2.85. The highest BCUT2D eigenvalue weighted by atomic mass is 14.8. The molecule has 2 aromatic rings. The van der Waals surface area contributed by atoms with Gasteiger partial charge in [-0.2, -0.15) is 0 Å². The summed E-state index contributed by atoms with van der Waals surface area (Å²) in [5, 5.41) is 3.43. The molecule has 0 aliphatic carbocycles. The van der Waals surface area contributed by atoms with Gasteiger partial charge in [0, 0.05) is 24.5 Å². The second kappa shape index (κ2) is 6.26. The first kappa shape index (κ1) is 12.7. The number of hydrogen-bond donors (Lipinski definition) is 1. The Morgan fingerprint density at radius 1 is 1.22 bits per heavy atom. The Hall–Kier alpha value is -1.74. The lowest BCUT2D eigenvalue weighted by molar-refractivity contribution is 0.676. The van der Waals surface area contributed by atoms with Gasteiger partial charge in [-0.25, -0.2) is 0 Å². The summed E-state index contributed by atoms with van der Waals surface area (Å²) >= 11 is 0. The number of benzene rings is 1. The molecule has 3 nitrogen and oxygen atoms in total. The summed E-state index contributed by atoms with van der Waals surface area (Å²) in [6, 6.07) is 6.48. The van der Waals surface area contributed by atoms with E-state index in [0.29, 0.717) is 0 Å². The van der Waals surface area contributed by atoms with Crippen LogP contribution in [0.2, 0.25) is 0 Å². The Labute approximate surface area is 108 Å². The highest BCUT2D eigenvalue weighted by Gasteiger charge is 2.06. The van der Waals surface area contributed by atoms with E-state index in [4.69, 9.17) is 0 Å². The minimum atomic E-state index is 0.875. The molecular weight excluding hydrogens is 222 g/mol. The van der Waals surface area contributed by atoms with Crippen molar-refractivity contribution in [2.24, 2.45) is 0 Å². The van der Waals surface area contributed by atoms with E-state index in [9.17, 15) is 0 Å². The summed E-state index contributed by atoms with van der Waals surface area (Å²) in [5.74, 6) is 0. The van der Waals surface area contributed by atoms with Gasteiger partial charge in [0.2, 0.25) is 0 Å². The van der Waals surface area contributed by atoms with E-state index in [1.54, 1.807) is 12.4 Å². The molecule has 0 saturated heterocycles. The normalized spacial score (nSPS) is 10.6. The fraction of sp³-hybridized carbons (Fsp3) is 0.333. The fourth-order valence-electron chi connectivity index (χ4n) is 1.92. The van der Waals surface area contributed by atoms with E-state index in [0.717, 1.165) is 25.2 Å². The smallest absolute Gasteiger partial charge is 0.0888 e. The van der Waals surface area contributed by atoms with Crippen molar-refractivity contribution in [2.75, 3.05) is 6.54 Å². The summed E-state index contributed by atoms with van der Waals surface area (Å²) in [4.78, 5) is 8.53. The second-order valence-electron chi connectivity index (χ2n) is 4.43. The number of rotatable bonds is 5. The van der Waals surface area contributed by atoms with E-state index < -0.39 is 0 Å². The summed E-state index contributed by atoms with van der Waals surface area (Å²) in [7, 11) is 0. The van der Waals surface area contributed by atoms with E-state index >= 15 is 0 Å². The lowest BCUT2D eigenvalue weighted by Gasteiger charge is -2.10. The number of aromatic nitrogens is 2. The van der Waals surface area contributed by atoms with Crippen molar-refractivity contribution < 1.29 is 0 Å². The molecule has 0 spiro atoms. The molecule has 94 valence electrons. The monoisotopic (exact) mass is 241 g/mol. The third-order valence-electron chi connectivity index (χ3n) is 2.85. The average molecular weight is 241 g/mol. The zero-order valence-electron chi connectivity index (χ0n) is 11.0. The van der Waals surface area contributed by atoms with Crippen LogP contribution in [0.3, 0.4) is 0 Å². The van der Waals surface area contributed by atoms with Crippen molar-refractivity contribution in [2.45, 2.75) is 26.8 Å². The van der Waals surface area contributed by atoms with Crippen LogP contribution in [0, 0.1) is 6.92 Å². The first-order valence-corrected chi connectivity index (χ1v) is 6.38. The molecule has 0 bridgehead atoms. The molecule has 1 heterocycles. The summed E-state index contributed by atoms with van der Waals surface area (Å²) < 4.78 is 0. The summed E-state index contributed by atoms with van der Waals surface area (Å²) in [5.41, 5.74) is 4.63. The third kappa shape index (κ3) is 3.14. The predicted molar refractivity (Wildman–Crippen MR) is 74.2 cm³/mol. The Morgan fingerprint density at radius 2 is 2.11 bits per heavy atom. The fourth-order valence-corrected chi connectivity index (χ4v) is 1.92. The van der Waals surface area contributed by atoms with Gasteiger partial charge in [0.15, 0.2) is 0 Å². The van der Waals surface area contributed by atoms with E-state index in [2.05, 4.69) is 47.3 Å². The van der Waals surface area contributed by atoms with Gasteiger partial charge in [0.1, 0.15) is 0 Å². The summed E-state index contributed by atoms with van der Waals surface area (Å²) in [6.07, 6.45) is 6.40. The molecular formula is C15H19N3. The Bertz CT molecular complexity index is 494. The van der Waals surface area contributed by atoms with Crippen LogP contribution in [-0.4, -0.2) is 16.5 Å². The molecule has 0 atom stereocenters. The molecule has 0 fully saturated rings. The van der Waals surface area contributed by atoms with Crippen LogP contribution < -0.4 is 5.32 Å². The first-order valence-electron chi connectivity index (χ1n) is 6.38. The van der Waals surface area contributed by atoms with Gasteiger partial charge in [0.05, 0.1) is 11.9 Å². The molecule has 0 saturated carbocycles. The number of nitrogens with zero attached hydrogens (tertiary/aromatic N) is 2. The molecule has 0 radical (unpaired) electrons. The van der Waals surface area contributed by atoms with Gasteiger partial charge in [-0.3, -0.25) is 9.97 Å². The Kier molecular flexibility index (Phi) is 4.42. The standard InChI is InChI=1S/C15H19N3/c1-3-6-16-10-13-5-4-12(2)9-14(13)15-11-17-7-8-18-15/h4-5,7-9,11,16H,3,6,10H2,1-2H3. The maximum Gasteiger partial charge on any atom is 0.0888 e. The lowest BCUT2D eigenvalue weighted by Crippen LogP contribution is -2.14. The molecule has 0 unspecified atom stereocenters. The number of hydrogen-bond acceptors (Lipinski definition) is 3. The zero-order chi connectivity index (χ0) is 12.8. The van der Waals surface area contributed by atoms with Gasteiger partial charge in [-0.05, 0) is 31.5 Å². The van der Waals surface area contributed by atoms with Crippen molar-refractivity contribution in [1.82, 2.24) is 15.3 Å². The number of aryl methyl sites for hydroxylation is 1. The molecule has 0 aliphatic heterocycles. The van der Waals surface area contributed by atoms with Crippen molar-refractivity contribution >= 4 is 0 Å². The molecule has 0 amide bonds. The van der Waals surface area contributed by atoms with Crippen LogP contribution in [0.25, 0.3) is 11.3 Å². The second-order valence-corrected chi connectivity index (χ2v) is 4.43. The minimum Gasteiger partial charge on any atom is -0.313 e. The molecule has 0 aliphatic rings. The van der Waals surface area contributed by atoms with Crippen LogP contribution in [0.1, 0.15) is 24.5 Å². The maximum atomic E-state index is 4.39. The van der Waals surface area contributed by atoms with Crippen molar-refractivity contribution in [3.63, 3.8) is 0 Å². The molecule has 1 aromatic carbocycles. The molecule has 3 heteroatoms. The minimum absolute atomic E-state index is 0.875. The highest BCUT2D eigenvalue weighted by molar-refractivity contribution is 5.63.